The molecular formula is C20H14F4N4O3. The molecule has 5 rings (SSSR count). The number of carbonyl (C=O) groups excluding carboxylic acids is 1. The summed E-state index contributed by atoms with van der Waals surface area (Å²) in [4.78, 5) is 24.9. The highest BCUT2D eigenvalue weighted by molar-refractivity contribution is 5.93. The number of carbonyl (C=O) groups is 1. The molecule has 160 valence electrons. The van der Waals surface area contributed by atoms with Crippen LogP contribution in [0, 0.1) is 0 Å². The predicted molar refractivity (Wildman–Crippen MR) is 97.8 cm³/mol. The number of nitrogens with zero attached hydrogens (tertiary/aromatic N) is 3. The molecule has 1 N–H and O–H groups in total. The number of benzene rings is 1. The molecule has 1 aliphatic rings. The summed E-state index contributed by atoms with van der Waals surface area (Å²) in [6.45, 7) is 0.0434. The zero-order chi connectivity index (χ0) is 21.7. The molecule has 0 saturated carbocycles. The Morgan fingerprint density at radius 1 is 1.16 bits per heavy atom. The summed E-state index contributed by atoms with van der Waals surface area (Å²) >= 11 is 0. The van der Waals surface area contributed by atoms with E-state index in [1.165, 1.54) is 18.5 Å². The van der Waals surface area contributed by atoms with Crippen LogP contribution in [0.4, 0.5) is 17.6 Å². The average molecular weight is 434 g/mol. The number of alkyl halides is 4. The SMILES string of the molecule is O=C(c1ocnc1C(F)F)N1CCc2[nH]cnc2[C@@H]1c1oc2ccccc2c1C(F)F. The third-order valence-corrected chi connectivity index (χ3v) is 5.31. The van der Waals surface area contributed by atoms with Crippen molar-refractivity contribution in [1.82, 2.24) is 19.9 Å². The standard InChI is InChI=1S/C20H14F4N4O3/c21-18(22)12-9-3-1-2-4-11(9)31-16(12)15-13-10(25-7-26-13)5-6-28(15)20(29)17-14(19(23)24)27-8-30-17/h1-4,7-8,15,18-19H,5-6H2,(H,25,26)/t15-/m1/s1. The number of aromatic amines is 1. The van der Waals surface area contributed by atoms with Crippen LogP contribution in [0.3, 0.4) is 0 Å². The molecule has 3 aromatic heterocycles. The topological polar surface area (TPSA) is 88.2 Å². The van der Waals surface area contributed by atoms with Crippen molar-refractivity contribution < 1.29 is 31.2 Å². The highest BCUT2D eigenvalue weighted by Gasteiger charge is 2.42. The first-order valence-electron chi connectivity index (χ1n) is 9.31. The van der Waals surface area contributed by atoms with Crippen LogP contribution in [-0.4, -0.2) is 32.3 Å². The van der Waals surface area contributed by atoms with Gasteiger partial charge in [-0.15, -0.1) is 0 Å². The Morgan fingerprint density at radius 2 is 1.97 bits per heavy atom. The van der Waals surface area contributed by atoms with Crippen LogP contribution in [0.5, 0.6) is 0 Å². The number of amides is 1. The van der Waals surface area contributed by atoms with Gasteiger partial charge in [-0.2, -0.15) is 0 Å². The Bertz CT molecular complexity index is 1260. The normalized spacial score (nSPS) is 16.5. The van der Waals surface area contributed by atoms with Crippen molar-refractivity contribution in [3.63, 3.8) is 0 Å². The zero-order valence-electron chi connectivity index (χ0n) is 15.7. The van der Waals surface area contributed by atoms with Crippen molar-refractivity contribution in [3.05, 3.63) is 71.2 Å². The number of H-pyrrole nitrogens is 1. The van der Waals surface area contributed by atoms with Crippen LogP contribution >= 0.6 is 0 Å². The van der Waals surface area contributed by atoms with Crippen LogP contribution in [0.1, 0.15) is 57.9 Å². The summed E-state index contributed by atoms with van der Waals surface area (Å²) in [6, 6.07) is 5.11. The Kier molecular flexibility index (Phi) is 4.53. The summed E-state index contributed by atoms with van der Waals surface area (Å²) in [6.07, 6.45) is -3.49. The maximum atomic E-state index is 14.1. The summed E-state index contributed by atoms with van der Waals surface area (Å²) in [5.41, 5.74) is -0.0213. The predicted octanol–water partition coefficient (Wildman–Crippen LogP) is 4.81. The van der Waals surface area contributed by atoms with E-state index in [-0.39, 0.29) is 28.8 Å². The van der Waals surface area contributed by atoms with Gasteiger partial charge in [-0.25, -0.2) is 27.5 Å². The van der Waals surface area contributed by atoms with E-state index in [4.69, 9.17) is 8.83 Å². The average Bonchev–Trinajstić information content (AvgIpc) is 3.49. The summed E-state index contributed by atoms with van der Waals surface area (Å²) in [7, 11) is 0. The number of hydrogen-bond acceptors (Lipinski definition) is 5. The lowest BCUT2D eigenvalue weighted by atomic mass is 9.96. The second-order valence-corrected chi connectivity index (χ2v) is 6.96. The highest BCUT2D eigenvalue weighted by Crippen LogP contribution is 2.43. The molecule has 4 heterocycles. The molecule has 0 aliphatic carbocycles. The first-order valence-corrected chi connectivity index (χ1v) is 9.31. The van der Waals surface area contributed by atoms with Crippen LogP contribution in [-0.2, 0) is 6.42 Å². The van der Waals surface area contributed by atoms with E-state index in [2.05, 4.69) is 15.0 Å². The second-order valence-electron chi connectivity index (χ2n) is 6.96. The van der Waals surface area contributed by atoms with Gasteiger partial charge in [0.1, 0.15) is 17.4 Å². The van der Waals surface area contributed by atoms with Gasteiger partial charge in [0, 0.05) is 24.0 Å². The van der Waals surface area contributed by atoms with E-state index < -0.39 is 36.3 Å². The molecule has 31 heavy (non-hydrogen) atoms. The molecule has 1 atom stereocenters. The number of oxazole rings is 1. The number of hydrogen-bond donors (Lipinski definition) is 1. The Morgan fingerprint density at radius 3 is 2.74 bits per heavy atom. The van der Waals surface area contributed by atoms with Gasteiger partial charge in [-0.3, -0.25) is 4.79 Å². The maximum Gasteiger partial charge on any atom is 0.292 e. The van der Waals surface area contributed by atoms with E-state index in [0.29, 0.717) is 17.8 Å². The molecule has 0 unspecified atom stereocenters. The molecule has 0 bridgehead atoms. The van der Waals surface area contributed by atoms with Gasteiger partial charge >= 0.3 is 0 Å². The molecule has 7 nitrogen and oxygen atoms in total. The minimum atomic E-state index is -3.04. The number of imidazole rings is 1. The van der Waals surface area contributed by atoms with Gasteiger partial charge in [0.15, 0.2) is 12.1 Å². The van der Waals surface area contributed by atoms with Gasteiger partial charge in [0.25, 0.3) is 18.8 Å². The van der Waals surface area contributed by atoms with Gasteiger partial charge in [0.05, 0.1) is 17.6 Å². The van der Waals surface area contributed by atoms with Gasteiger partial charge in [-0.05, 0) is 6.07 Å². The first-order chi connectivity index (χ1) is 15.0. The quantitative estimate of drug-likeness (QED) is 0.466. The van der Waals surface area contributed by atoms with Gasteiger partial charge < -0.3 is 18.7 Å². The molecular weight excluding hydrogens is 420 g/mol. The molecule has 0 fully saturated rings. The highest BCUT2D eigenvalue weighted by atomic mass is 19.3. The van der Waals surface area contributed by atoms with Crippen molar-refractivity contribution in [2.75, 3.05) is 6.54 Å². The van der Waals surface area contributed by atoms with Crippen molar-refractivity contribution in [2.45, 2.75) is 25.3 Å². The minimum Gasteiger partial charge on any atom is -0.458 e. The summed E-state index contributed by atoms with van der Waals surface area (Å²) in [5.74, 6) is -1.73. The Labute approximate surface area is 171 Å². The van der Waals surface area contributed by atoms with Crippen molar-refractivity contribution >= 4 is 16.9 Å². The number of fused-ring (bicyclic) bond motifs is 2. The lowest BCUT2D eigenvalue weighted by molar-refractivity contribution is 0.0616. The van der Waals surface area contributed by atoms with E-state index in [1.54, 1.807) is 12.1 Å². The molecule has 1 aromatic carbocycles. The summed E-state index contributed by atoms with van der Waals surface area (Å²) in [5, 5.41) is 0.204. The van der Waals surface area contributed by atoms with Crippen LogP contribution in [0.2, 0.25) is 0 Å². The molecule has 0 radical (unpaired) electrons. The Balaban J connectivity index is 1.69. The molecule has 0 saturated heterocycles. The molecule has 1 amide bonds. The van der Waals surface area contributed by atoms with E-state index >= 15 is 0 Å². The minimum absolute atomic E-state index is 0.0434. The fourth-order valence-electron chi connectivity index (χ4n) is 3.97. The largest absolute Gasteiger partial charge is 0.458 e. The molecule has 1 aliphatic heterocycles. The fourth-order valence-corrected chi connectivity index (χ4v) is 3.97. The van der Waals surface area contributed by atoms with Crippen molar-refractivity contribution in [1.29, 1.82) is 0 Å². The van der Waals surface area contributed by atoms with Gasteiger partial charge in [0.2, 0.25) is 5.76 Å². The van der Waals surface area contributed by atoms with Crippen LogP contribution in [0.25, 0.3) is 11.0 Å². The number of aromatic nitrogens is 3. The molecule has 11 heteroatoms. The number of para-hydroxylation sites is 1. The van der Waals surface area contributed by atoms with E-state index in [1.807, 2.05) is 0 Å². The number of halogens is 4. The maximum absolute atomic E-state index is 14.1. The Hall–Kier alpha value is -3.63. The molecule has 4 aromatic rings. The second kappa shape index (κ2) is 7.25. The van der Waals surface area contributed by atoms with Crippen LogP contribution in [0.15, 0.2) is 45.8 Å². The molecule has 0 spiro atoms. The van der Waals surface area contributed by atoms with E-state index in [9.17, 15) is 22.4 Å². The first kappa shape index (κ1) is 19.3. The number of nitrogens with one attached hydrogen (secondary N) is 1. The van der Waals surface area contributed by atoms with Crippen molar-refractivity contribution in [3.8, 4) is 0 Å². The number of furan rings is 1. The third-order valence-electron chi connectivity index (χ3n) is 5.31. The van der Waals surface area contributed by atoms with Crippen molar-refractivity contribution in [2.24, 2.45) is 0 Å². The monoisotopic (exact) mass is 434 g/mol. The fraction of sp³-hybridized carbons (Fsp3) is 0.250. The smallest absolute Gasteiger partial charge is 0.292 e. The number of rotatable bonds is 4. The van der Waals surface area contributed by atoms with Gasteiger partial charge in [-0.1, -0.05) is 18.2 Å². The third kappa shape index (κ3) is 2.99. The summed E-state index contributed by atoms with van der Waals surface area (Å²) < 4.78 is 65.5. The van der Waals surface area contributed by atoms with E-state index in [0.717, 1.165) is 11.3 Å². The van der Waals surface area contributed by atoms with Crippen LogP contribution < -0.4 is 0 Å². The lowest BCUT2D eigenvalue weighted by Gasteiger charge is -2.33. The zero-order valence-corrected chi connectivity index (χ0v) is 15.7. The lowest BCUT2D eigenvalue weighted by Crippen LogP contribution is -2.41.